The van der Waals surface area contributed by atoms with Crippen LogP contribution in [0.15, 0.2) is 72.8 Å². The van der Waals surface area contributed by atoms with E-state index in [-0.39, 0.29) is 11.6 Å². The molecule has 0 bridgehead atoms. The van der Waals surface area contributed by atoms with Gasteiger partial charge in [0.25, 0.3) is 0 Å². The molecule has 1 aliphatic rings. The Labute approximate surface area is 229 Å². The maximum absolute atomic E-state index is 13.2. The molecular formula is C35H29F2N2+. The number of aryl methyl sites for hydroxylation is 4. The molecule has 1 heterocycles. The Kier molecular flexibility index (Phi) is 7.31. The summed E-state index contributed by atoms with van der Waals surface area (Å²) in [6, 6.07) is 20.9. The second-order valence-corrected chi connectivity index (χ2v) is 9.93. The molecule has 5 rings (SSSR count). The van der Waals surface area contributed by atoms with Crippen LogP contribution < -0.4 is 4.90 Å². The molecule has 39 heavy (non-hydrogen) atoms. The second-order valence-electron chi connectivity index (χ2n) is 9.93. The molecule has 4 aromatic carbocycles. The minimum atomic E-state index is -0.260. The summed E-state index contributed by atoms with van der Waals surface area (Å²) in [6.07, 6.45) is 2.19. The minimum absolute atomic E-state index is 0.260. The van der Waals surface area contributed by atoms with E-state index in [1.165, 1.54) is 35.6 Å². The van der Waals surface area contributed by atoms with E-state index >= 15 is 0 Å². The third kappa shape index (κ3) is 5.92. The number of benzene rings is 4. The average Bonchev–Trinajstić information content (AvgIpc) is 3.36. The number of anilines is 1. The molecule has 0 fully saturated rings. The lowest BCUT2D eigenvalue weighted by molar-refractivity contribution is -0.425. The molecule has 0 amide bonds. The van der Waals surface area contributed by atoms with Crippen LogP contribution in [0.3, 0.4) is 0 Å². The Morgan fingerprint density at radius 1 is 0.590 bits per heavy atom. The van der Waals surface area contributed by atoms with E-state index in [4.69, 9.17) is 0 Å². The summed E-state index contributed by atoms with van der Waals surface area (Å²) in [5.74, 6) is 12.2. The van der Waals surface area contributed by atoms with E-state index in [0.717, 1.165) is 57.6 Å². The second kappa shape index (κ2) is 11.0. The monoisotopic (exact) mass is 515 g/mol. The Morgan fingerprint density at radius 3 is 1.46 bits per heavy atom. The molecule has 0 aromatic heterocycles. The van der Waals surface area contributed by atoms with Crippen LogP contribution in [0.25, 0.3) is 0 Å². The van der Waals surface area contributed by atoms with Gasteiger partial charge in [-0.15, -0.1) is 0 Å². The first kappa shape index (κ1) is 26.0. The highest BCUT2D eigenvalue weighted by atomic mass is 19.1. The Morgan fingerprint density at radius 2 is 1.00 bits per heavy atom. The van der Waals surface area contributed by atoms with E-state index in [1.807, 2.05) is 0 Å². The lowest BCUT2D eigenvalue weighted by atomic mass is 10.0. The van der Waals surface area contributed by atoms with Crippen molar-refractivity contribution in [2.24, 2.45) is 0 Å². The van der Waals surface area contributed by atoms with Crippen molar-refractivity contribution >= 4 is 17.7 Å². The van der Waals surface area contributed by atoms with Crippen LogP contribution in [-0.2, 0) is 0 Å². The molecule has 0 saturated heterocycles. The van der Waals surface area contributed by atoms with Crippen LogP contribution in [0.4, 0.5) is 20.2 Å². The predicted octanol–water partition coefficient (Wildman–Crippen LogP) is 7.19. The van der Waals surface area contributed by atoms with Gasteiger partial charge in [0.2, 0.25) is 6.34 Å². The quantitative estimate of drug-likeness (QED) is 0.202. The van der Waals surface area contributed by atoms with E-state index in [1.54, 1.807) is 24.3 Å². The molecule has 0 atom stereocenters. The maximum Gasteiger partial charge on any atom is 0.244 e. The lowest BCUT2D eigenvalue weighted by Gasteiger charge is -2.13. The molecular weight excluding hydrogens is 486 g/mol. The molecule has 4 aromatic rings. The van der Waals surface area contributed by atoms with E-state index in [0.29, 0.717) is 0 Å². The summed E-state index contributed by atoms with van der Waals surface area (Å²) in [4.78, 5) is 2.31. The van der Waals surface area contributed by atoms with Gasteiger partial charge in [0.05, 0.1) is 0 Å². The van der Waals surface area contributed by atoms with E-state index in [9.17, 15) is 8.78 Å². The van der Waals surface area contributed by atoms with Crippen molar-refractivity contribution in [1.82, 2.24) is 0 Å². The molecule has 0 N–H and O–H groups in total. The van der Waals surface area contributed by atoms with Crippen LogP contribution in [0, 0.1) is 63.0 Å². The van der Waals surface area contributed by atoms with Gasteiger partial charge in [0, 0.05) is 22.3 Å². The Balaban J connectivity index is 1.38. The molecule has 0 aliphatic carbocycles. The van der Waals surface area contributed by atoms with Crippen molar-refractivity contribution < 1.29 is 13.4 Å². The van der Waals surface area contributed by atoms with Gasteiger partial charge in [-0.1, -0.05) is 23.7 Å². The number of rotatable bonds is 2. The van der Waals surface area contributed by atoms with Crippen LogP contribution in [0.5, 0.6) is 0 Å². The van der Waals surface area contributed by atoms with Crippen molar-refractivity contribution in [1.29, 1.82) is 0 Å². The summed E-state index contributed by atoms with van der Waals surface area (Å²) in [5.41, 5.74) is 10.5. The van der Waals surface area contributed by atoms with Gasteiger partial charge >= 0.3 is 0 Å². The third-order valence-electron chi connectivity index (χ3n) is 6.81. The average molecular weight is 516 g/mol. The van der Waals surface area contributed by atoms with Gasteiger partial charge in [-0.25, -0.2) is 18.3 Å². The molecule has 4 heteroatoms. The summed E-state index contributed by atoms with van der Waals surface area (Å²) in [5, 5.41) is 0. The SMILES string of the molecule is Cc1cc(C#Cc2ccc(F)cc2)cc(C)c1N1C=[N+](c2c(C)cc(C#Cc3ccc(F)cc3)cc2C)CC1. The maximum atomic E-state index is 13.2. The molecule has 192 valence electrons. The first-order chi connectivity index (χ1) is 18.8. The van der Waals surface area contributed by atoms with Crippen LogP contribution in [0.1, 0.15) is 44.5 Å². The third-order valence-corrected chi connectivity index (χ3v) is 6.81. The van der Waals surface area contributed by atoms with Crippen LogP contribution >= 0.6 is 0 Å². The topological polar surface area (TPSA) is 6.25 Å². The largest absolute Gasteiger partial charge is 0.244 e. The highest BCUT2D eigenvalue weighted by molar-refractivity contribution is 5.82. The van der Waals surface area contributed by atoms with Crippen LogP contribution in [-0.4, -0.2) is 24.0 Å². The fraction of sp³-hybridized carbons (Fsp3) is 0.171. The van der Waals surface area contributed by atoms with Crippen molar-refractivity contribution in [3.05, 3.63) is 129 Å². The zero-order valence-corrected chi connectivity index (χ0v) is 22.6. The molecule has 0 radical (unpaired) electrons. The molecule has 0 spiro atoms. The van der Waals surface area contributed by atoms with Crippen molar-refractivity contribution in [2.45, 2.75) is 27.7 Å². The number of nitrogens with zero attached hydrogens (tertiary/aromatic N) is 2. The van der Waals surface area contributed by atoms with Crippen molar-refractivity contribution in [3.8, 4) is 23.7 Å². The van der Waals surface area contributed by atoms with Gasteiger partial charge in [-0.3, -0.25) is 0 Å². The van der Waals surface area contributed by atoms with E-state index < -0.39 is 0 Å². The first-order valence-corrected chi connectivity index (χ1v) is 12.9. The molecule has 2 nitrogen and oxygen atoms in total. The zero-order valence-electron chi connectivity index (χ0n) is 22.6. The molecule has 1 aliphatic heterocycles. The molecule has 0 saturated carbocycles. The smallest absolute Gasteiger partial charge is 0.229 e. The Bertz CT molecular complexity index is 1660. The first-order valence-electron chi connectivity index (χ1n) is 12.9. The summed E-state index contributed by atoms with van der Waals surface area (Å²) < 4.78 is 28.7. The number of halogens is 2. The summed E-state index contributed by atoms with van der Waals surface area (Å²) >= 11 is 0. The van der Waals surface area contributed by atoms with Gasteiger partial charge in [0.1, 0.15) is 36.1 Å². The minimum Gasteiger partial charge on any atom is -0.229 e. The fourth-order valence-corrected chi connectivity index (χ4v) is 5.16. The normalized spacial score (nSPS) is 12.4. The zero-order chi connectivity index (χ0) is 27.5. The lowest BCUT2D eigenvalue weighted by Crippen LogP contribution is -2.20. The highest BCUT2D eigenvalue weighted by Gasteiger charge is 2.27. The van der Waals surface area contributed by atoms with Crippen molar-refractivity contribution in [2.75, 3.05) is 18.0 Å². The summed E-state index contributed by atoms with van der Waals surface area (Å²) in [6.45, 7) is 10.2. The van der Waals surface area contributed by atoms with Crippen molar-refractivity contribution in [3.63, 3.8) is 0 Å². The van der Waals surface area contributed by atoms with Crippen LogP contribution in [0.2, 0.25) is 0 Å². The van der Waals surface area contributed by atoms with Gasteiger partial charge < -0.3 is 0 Å². The van der Waals surface area contributed by atoms with Gasteiger partial charge in [-0.05, 0) is 123 Å². The summed E-state index contributed by atoms with van der Waals surface area (Å²) in [7, 11) is 0. The number of hydrogen-bond donors (Lipinski definition) is 0. The highest BCUT2D eigenvalue weighted by Crippen LogP contribution is 2.30. The van der Waals surface area contributed by atoms with E-state index in [2.05, 4.69) is 91.5 Å². The predicted molar refractivity (Wildman–Crippen MR) is 155 cm³/mol. The van der Waals surface area contributed by atoms with Gasteiger partial charge in [-0.2, -0.15) is 0 Å². The fourth-order valence-electron chi connectivity index (χ4n) is 5.16. The van der Waals surface area contributed by atoms with Gasteiger partial charge in [0.15, 0.2) is 0 Å². The Hall–Kier alpha value is -4.67. The molecule has 0 unspecified atom stereocenters. The standard InChI is InChI=1S/C35H29F2N2/c1-24-19-30(7-5-28-9-13-32(36)14-10-28)20-25(2)34(24)38-17-18-39(23-38)35-26(3)21-31(22-27(35)4)8-6-29-11-15-33(37)16-12-29/h9-16,19-23H,17-18H2,1-4H3/q+1. The number of hydrogen-bond acceptors (Lipinski definition) is 1.